The molecule has 7 heteroatoms. The van der Waals surface area contributed by atoms with Gasteiger partial charge in [-0.3, -0.25) is 5.41 Å². The molecule has 5 N–H and O–H groups in total. The Morgan fingerprint density at radius 2 is 1.56 bits per heavy atom. The quantitative estimate of drug-likeness (QED) is 0.250. The topological polar surface area (TPSA) is 98.2 Å². The van der Waals surface area contributed by atoms with Crippen molar-refractivity contribution < 1.29 is 68.9 Å². The Balaban J connectivity index is -0.0000000233. The first kappa shape index (κ1) is 22.4. The Morgan fingerprint density at radius 3 is 1.56 bits per heavy atom. The summed E-state index contributed by atoms with van der Waals surface area (Å²) < 4.78 is 0. The van der Waals surface area contributed by atoms with Crippen molar-refractivity contribution in [3.05, 3.63) is 5.41 Å². The summed E-state index contributed by atoms with van der Waals surface area (Å²) in [4.78, 5) is 0. The van der Waals surface area contributed by atoms with Crippen molar-refractivity contribution in [2.45, 2.75) is 0 Å². The minimum atomic E-state index is -0.333. The third-order valence-electron chi connectivity index (χ3n) is 0. The standard InChI is InChI=1S/CH5N3.CNS.ClH.Cs/c2-1(3)4;2-1-3;;/h(H5,2,3,4);;1H;/q;-1;;+1. The second kappa shape index (κ2) is 22.7. The van der Waals surface area contributed by atoms with E-state index in [1.54, 1.807) is 0 Å². The zero-order valence-corrected chi connectivity index (χ0v) is 12.8. The maximum atomic E-state index is 7.13. The Bertz CT molecular complexity index is 86.6. The van der Waals surface area contributed by atoms with Crippen LogP contribution in [-0.2, 0) is 0 Å². The Kier molecular flexibility index (Phi) is 56.7. The van der Waals surface area contributed by atoms with Gasteiger partial charge in [-0.15, -0.1) is 12.4 Å². The molecule has 0 atom stereocenters. The van der Waals surface area contributed by atoms with Crippen molar-refractivity contribution in [3.8, 4) is 0 Å². The smallest absolute Gasteiger partial charge is 0.753 e. The maximum absolute atomic E-state index is 7.13. The number of halogens is 1. The minimum absolute atomic E-state index is 0. The monoisotopic (exact) mass is 286 g/mol. The van der Waals surface area contributed by atoms with Gasteiger partial charge in [-0.25, -0.2) is 0 Å². The summed E-state index contributed by atoms with van der Waals surface area (Å²) in [7, 11) is 0. The third kappa shape index (κ3) is 259. The molecule has 0 radical (unpaired) electrons. The van der Waals surface area contributed by atoms with Crippen molar-refractivity contribution >= 4 is 35.7 Å². The molecule has 0 aromatic carbocycles. The number of nitrogens with one attached hydrogen (secondary N) is 1. The predicted molar refractivity (Wildman–Crippen MR) is 39.3 cm³/mol. The van der Waals surface area contributed by atoms with Gasteiger partial charge in [0.1, 0.15) is 0 Å². The van der Waals surface area contributed by atoms with Crippen LogP contribution in [0.4, 0.5) is 0 Å². The second-order valence-electron chi connectivity index (χ2n) is 0.547. The minimum Gasteiger partial charge on any atom is -0.753 e. The molecule has 0 aliphatic heterocycles. The average Bonchev–Trinajstić information content (AvgIpc) is 1.33. The van der Waals surface area contributed by atoms with Gasteiger partial charge in [-0.1, -0.05) is 12.2 Å². The number of hydrogen-bond donors (Lipinski definition) is 3. The van der Waals surface area contributed by atoms with Crippen molar-refractivity contribution in [1.29, 1.82) is 5.41 Å². The molecule has 0 unspecified atom stereocenters. The fourth-order valence-corrected chi connectivity index (χ4v) is 0. The molecule has 9 heavy (non-hydrogen) atoms. The molecular formula is C2H6ClCsN4S. The number of hydrogen-bond acceptors (Lipinski definition) is 2. The molecule has 0 aromatic heterocycles. The second-order valence-corrected chi connectivity index (χ2v) is 0.729. The van der Waals surface area contributed by atoms with Crippen LogP contribution >= 0.6 is 24.6 Å². The Hall–Kier alpha value is 1.41. The van der Waals surface area contributed by atoms with Crippen LogP contribution in [0, 0.1) is 5.41 Å². The van der Waals surface area contributed by atoms with Gasteiger partial charge in [0.05, 0.1) is 0 Å². The van der Waals surface area contributed by atoms with E-state index in [1.807, 2.05) is 0 Å². The Morgan fingerprint density at radius 1 is 1.56 bits per heavy atom. The van der Waals surface area contributed by atoms with Crippen molar-refractivity contribution in [2.75, 3.05) is 0 Å². The van der Waals surface area contributed by atoms with Crippen LogP contribution in [0.15, 0.2) is 0 Å². The summed E-state index contributed by atoms with van der Waals surface area (Å²) in [6, 6.07) is 0. The summed E-state index contributed by atoms with van der Waals surface area (Å²) >= 11 is 3.70. The van der Waals surface area contributed by atoms with E-state index in [0.717, 1.165) is 0 Å². The van der Waals surface area contributed by atoms with E-state index in [4.69, 9.17) is 10.8 Å². The summed E-state index contributed by atoms with van der Waals surface area (Å²) in [5, 5.41) is 14.5. The first-order chi connectivity index (χ1) is 3.15. The normalized spacial score (nSPS) is 3.56. The van der Waals surface area contributed by atoms with Gasteiger partial charge in [-0.2, -0.15) is 5.16 Å². The van der Waals surface area contributed by atoms with E-state index < -0.39 is 0 Å². The van der Waals surface area contributed by atoms with Gasteiger partial charge < -0.3 is 16.9 Å². The fraction of sp³-hybridized carbons (Fsp3) is 0. The van der Waals surface area contributed by atoms with Crippen LogP contribution in [0.2, 0.25) is 0 Å². The molecule has 0 aliphatic carbocycles. The van der Waals surface area contributed by atoms with Gasteiger partial charge in [0.2, 0.25) is 0 Å². The number of isothiocyanates is 1. The van der Waals surface area contributed by atoms with Gasteiger partial charge >= 0.3 is 68.9 Å². The maximum Gasteiger partial charge on any atom is 1.00 e. The first-order valence-corrected chi connectivity index (χ1v) is 1.66. The van der Waals surface area contributed by atoms with Gasteiger partial charge in [0, 0.05) is 0 Å². The van der Waals surface area contributed by atoms with Crippen LogP contribution in [0.1, 0.15) is 0 Å². The summed E-state index contributed by atoms with van der Waals surface area (Å²) in [5.74, 6) is -0.333. The molecule has 0 aromatic rings. The predicted octanol–water partition coefficient (Wildman–Crippen LogP) is -3.08. The molecule has 0 bridgehead atoms. The average molecular weight is 287 g/mol. The molecule has 0 amide bonds. The molecule has 0 aliphatic rings. The Labute approximate surface area is 124 Å². The molecule has 0 fully saturated rings. The van der Waals surface area contributed by atoms with E-state index in [1.165, 1.54) is 5.16 Å². The number of thiocarbonyl (C=S) groups is 1. The van der Waals surface area contributed by atoms with Crippen molar-refractivity contribution in [2.24, 2.45) is 11.5 Å². The first-order valence-electron chi connectivity index (χ1n) is 1.26. The number of nitrogens with two attached hydrogens (primary N) is 2. The zero-order chi connectivity index (χ0) is 6.28. The SMILES string of the molecule is Cl.N=C(N)N.[Cs+].[N-]=C=S. The molecule has 0 saturated carbocycles. The summed E-state index contributed by atoms with van der Waals surface area (Å²) in [5.41, 5.74) is 8.94. The molecule has 0 rings (SSSR count). The van der Waals surface area contributed by atoms with Crippen LogP contribution < -0.4 is 80.4 Å². The van der Waals surface area contributed by atoms with Gasteiger partial charge in [-0.05, 0) is 0 Å². The van der Waals surface area contributed by atoms with Crippen LogP contribution in [0.3, 0.4) is 0 Å². The fourth-order valence-electron chi connectivity index (χ4n) is 0. The van der Waals surface area contributed by atoms with E-state index in [-0.39, 0.29) is 87.3 Å². The summed E-state index contributed by atoms with van der Waals surface area (Å²) in [6.45, 7) is 0. The van der Waals surface area contributed by atoms with Gasteiger partial charge in [0.25, 0.3) is 0 Å². The third-order valence-corrected chi connectivity index (χ3v) is 0. The largest absolute Gasteiger partial charge is 1.00 e. The molecule has 4 nitrogen and oxygen atoms in total. The molecule has 0 heterocycles. The molecule has 48 valence electrons. The number of nitrogens with zero attached hydrogens (tertiary/aromatic N) is 1. The van der Waals surface area contributed by atoms with Crippen LogP contribution in [0.5, 0.6) is 0 Å². The van der Waals surface area contributed by atoms with Crippen molar-refractivity contribution in [1.82, 2.24) is 0 Å². The number of rotatable bonds is 0. The summed E-state index contributed by atoms with van der Waals surface area (Å²) in [6.07, 6.45) is 0. The molecular weight excluding hydrogens is 280 g/mol. The van der Waals surface area contributed by atoms with E-state index in [2.05, 4.69) is 23.7 Å². The zero-order valence-electron chi connectivity index (χ0n) is 4.92. The van der Waals surface area contributed by atoms with E-state index in [0.29, 0.717) is 0 Å². The van der Waals surface area contributed by atoms with Crippen LogP contribution in [-0.4, -0.2) is 11.1 Å². The van der Waals surface area contributed by atoms with E-state index >= 15 is 0 Å². The molecule has 0 saturated heterocycles. The molecule has 0 spiro atoms. The van der Waals surface area contributed by atoms with Crippen LogP contribution in [0.25, 0.3) is 5.41 Å². The number of guanidine groups is 1. The van der Waals surface area contributed by atoms with Crippen molar-refractivity contribution in [3.63, 3.8) is 0 Å². The van der Waals surface area contributed by atoms with E-state index in [9.17, 15) is 0 Å². The van der Waals surface area contributed by atoms with Gasteiger partial charge in [0.15, 0.2) is 5.96 Å².